The van der Waals surface area contributed by atoms with Gasteiger partial charge in [-0.15, -0.1) is 0 Å². The average molecular weight is 502 g/mol. The molecule has 0 amide bonds. The highest BCUT2D eigenvalue weighted by molar-refractivity contribution is 6.13. The summed E-state index contributed by atoms with van der Waals surface area (Å²) < 4.78 is 52.3. The minimum atomic E-state index is -1.74. The van der Waals surface area contributed by atoms with E-state index < -0.39 is 18.1 Å². The van der Waals surface area contributed by atoms with Crippen molar-refractivity contribution in [2.45, 2.75) is 32.0 Å². The van der Waals surface area contributed by atoms with E-state index in [0.717, 1.165) is 33.2 Å². The number of furan rings is 1. The monoisotopic (exact) mass is 501 g/mol. The fourth-order valence-electron chi connectivity index (χ4n) is 5.92. The summed E-state index contributed by atoms with van der Waals surface area (Å²) in [6.45, 7) is 2.04. The summed E-state index contributed by atoms with van der Waals surface area (Å²) >= 11 is 0. The Labute approximate surface area is 226 Å². The first-order chi connectivity index (χ1) is 19.7. The average Bonchev–Trinajstić information content (AvgIpc) is 3.34. The SMILES string of the molecule is [2H]C1([2H])CCC([2H])(c2ccccc2)c2cccc(-c3c(F)ccc4c3oc3c(-c5cccc[n+]5C)c(C)ccc34)c21. The van der Waals surface area contributed by atoms with Crippen LogP contribution in [0.1, 0.15) is 45.1 Å². The molecular formula is C35H29FNO+. The predicted octanol–water partition coefficient (Wildman–Crippen LogP) is 8.66. The minimum absolute atomic E-state index is 0.154. The summed E-state index contributed by atoms with van der Waals surface area (Å²) in [5.74, 6) is -1.63. The van der Waals surface area contributed by atoms with Crippen LogP contribution in [0.15, 0.2) is 102 Å². The van der Waals surface area contributed by atoms with E-state index in [1.807, 2.05) is 91.5 Å². The summed E-state index contributed by atoms with van der Waals surface area (Å²) in [4.78, 5) is 0. The first kappa shape index (κ1) is 19.8. The molecule has 2 aromatic heterocycles. The van der Waals surface area contributed by atoms with Gasteiger partial charge in [-0.25, -0.2) is 8.96 Å². The molecule has 0 saturated heterocycles. The summed E-state index contributed by atoms with van der Waals surface area (Å²) in [6.07, 6.45) is 0.723. The Morgan fingerprint density at radius 2 is 1.63 bits per heavy atom. The lowest BCUT2D eigenvalue weighted by Crippen LogP contribution is -2.30. The summed E-state index contributed by atoms with van der Waals surface area (Å²) in [5, 5.41) is 1.64. The molecule has 1 atom stereocenters. The number of halogens is 1. The first-order valence-electron chi connectivity index (χ1n) is 14.5. The Morgan fingerprint density at radius 3 is 2.45 bits per heavy atom. The molecule has 0 radical (unpaired) electrons. The van der Waals surface area contributed by atoms with Crippen LogP contribution in [0.2, 0.25) is 0 Å². The predicted molar refractivity (Wildman–Crippen MR) is 152 cm³/mol. The molecule has 186 valence electrons. The zero-order chi connectivity index (χ0) is 28.5. The normalized spacial score (nSPS) is 19.6. The number of pyridine rings is 1. The van der Waals surface area contributed by atoms with Crippen molar-refractivity contribution in [1.82, 2.24) is 0 Å². The molecule has 7 rings (SSSR count). The van der Waals surface area contributed by atoms with Gasteiger partial charge in [0.1, 0.15) is 24.0 Å². The van der Waals surface area contributed by atoms with Crippen LogP contribution in [0.5, 0.6) is 0 Å². The quantitative estimate of drug-likeness (QED) is 0.222. The van der Waals surface area contributed by atoms with Gasteiger partial charge in [-0.2, -0.15) is 0 Å². The first-order valence-corrected chi connectivity index (χ1v) is 13.0. The zero-order valence-electron chi connectivity index (χ0n) is 24.4. The second-order valence-corrected chi connectivity index (χ2v) is 9.98. The van der Waals surface area contributed by atoms with Crippen molar-refractivity contribution >= 4 is 21.9 Å². The molecule has 0 spiro atoms. The lowest BCUT2D eigenvalue weighted by atomic mass is 9.76. The molecule has 38 heavy (non-hydrogen) atoms. The van der Waals surface area contributed by atoms with E-state index in [-0.39, 0.29) is 12.0 Å². The molecule has 1 aliphatic carbocycles. The maximum Gasteiger partial charge on any atom is 0.216 e. The highest BCUT2D eigenvalue weighted by Crippen LogP contribution is 2.45. The van der Waals surface area contributed by atoms with Crippen LogP contribution >= 0.6 is 0 Å². The molecule has 4 aromatic carbocycles. The number of benzene rings is 4. The molecular weight excluding hydrogens is 469 g/mol. The van der Waals surface area contributed by atoms with Crippen LogP contribution in [0, 0.1) is 12.7 Å². The maximum atomic E-state index is 16.0. The Morgan fingerprint density at radius 1 is 0.868 bits per heavy atom. The van der Waals surface area contributed by atoms with Gasteiger partial charge in [-0.05, 0) is 72.2 Å². The second-order valence-electron chi connectivity index (χ2n) is 9.98. The third-order valence-corrected chi connectivity index (χ3v) is 7.74. The van der Waals surface area contributed by atoms with Crippen molar-refractivity contribution in [3.05, 3.63) is 125 Å². The number of hydrogen-bond acceptors (Lipinski definition) is 1. The van der Waals surface area contributed by atoms with Crippen molar-refractivity contribution < 1.29 is 17.5 Å². The second kappa shape index (κ2) is 8.95. The maximum absolute atomic E-state index is 16.0. The molecule has 0 bridgehead atoms. The van der Waals surface area contributed by atoms with E-state index in [4.69, 9.17) is 7.16 Å². The molecule has 2 heterocycles. The van der Waals surface area contributed by atoms with E-state index in [1.165, 1.54) is 6.07 Å². The van der Waals surface area contributed by atoms with Gasteiger partial charge in [0.25, 0.3) is 0 Å². The van der Waals surface area contributed by atoms with Crippen LogP contribution in [-0.2, 0) is 13.4 Å². The highest BCUT2D eigenvalue weighted by Gasteiger charge is 2.27. The number of nitrogens with zero attached hydrogens (tertiary/aromatic N) is 1. The molecule has 1 unspecified atom stereocenters. The number of aromatic nitrogens is 1. The van der Waals surface area contributed by atoms with Gasteiger partial charge in [0.2, 0.25) is 5.69 Å². The van der Waals surface area contributed by atoms with Gasteiger partial charge in [0.15, 0.2) is 6.20 Å². The van der Waals surface area contributed by atoms with E-state index >= 15 is 4.39 Å². The van der Waals surface area contributed by atoms with Gasteiger partial charge in [-0.3, -0.25) is 0 Å². The Bertz CT molecular complexity index is 1980. The smallest absolute Gasteiger partial charge is 0.216 e. The lowest BCUT2D eigenvalue weighted by molar-refractivity contribution is -0.660. The van der Waals surface area contributed by atoms with Gasteiger partial charge in [0.05, 0.1) is 11.1 Å². The molecule has 0 fully saturated rings. The Kier molecular flexibility index (Phi) is 4.67. The largest absolute Gasteiger partial charge is 0.454 e. The molecule has 3 heteroatoms. The highest BCUT2D eigenvalue weighted by atomic mass is 19.1. The van der Waals surface area contributed by atoms with Crippen LogP contribution in [0.3, 0.4) is 0 Å². The van der Waals surface area contributed by atoms with Crippen LogP contribution in [0.25, 0.3) is 44.3 Å². The van der Waals surface area contributed by atoms with Crippen molar-refractivity contribution in [3.63, 3.8) is 0 Å². The topological polar surface area (TPSA) is 17.0 Å². The van der Waals surface area contributed by atoms with Crippen LogP contribution in [-0.4, -0.2) is 0 Å². The number of rotatable bonds is 3. The van der Waals surface area contributed by atoms with E-state index in [9.17, 15) is 1.37 Å². The van der Waals surface area contributed by atoms with Crippen molar-refractivity contribution in [2.24, 2.45) is 7.05 Å². The molecule has 2 nitrogen and oxygen atoms in total. The fourth-order valence-corrected chi connectivity index (χ4v) is 5.92. The van der Waals surface area contributed by atoms with E-state index in [0.29, 0.717) is 34.3 Å². The Hall–Kier alpha value is -4.24. The third kappa shape index (κ3) is 3.49. The van der Waals surface area contributed by atoms with Gasteiger partial charge >= 0.3 is 0 Å². The molecule has 6 aromatic rings. The summed E-state index contributed by atoms with van der Waals surface area (Å²) in [6, 6.07) is 28.2. The fraction of sp³-hybridized carbons (Fsp3) is 0.171. The lowest BCUT2D eigenvalue weighted by Gasteiger charge is -2.28. The van der Waals surface area contributed by atoms with Crippen LogP contribution < -0.4 is 4.57 Å². The molecule has 0 aliphatic heterocycles. The van der Waals surface area contributed by atoms with Crippen molar-refractivity contribution in [1.29, 1.82) is 0 Å². The zero-order valence-corrected chi connectivity index (χ0v) is 21.4. The summed E-state index contributed by atoms with van der Waals surface area (Å²) in [5.41, 5.74) is 6.41. The summed E-state index contributed by atoms with van der Waals surface area (Å²) in [7, 11) is 1.99. The Balaban J connectivity index is 1.55. The van der Waals surface area contributed by atoms with E-state index in [2.05, 4.69) is 6.07 Å². The number of aryl methyl sites for hydroxylation is 2. The third-order valence-electron chi connectivity index (χ3n) is 7.74. The molecule has 0 N–H and O–H groups in total. The van der Waals surface area contributed by atoms with Gasteiger partial charge < -0.3 is 4.42 Å². The molecule has 1 aliphatic rings. The van der Waals surface area contributed by atoms with Crippen molar-refractivity contribution in [3.8, 4) is 22.4 Å². The standard InChI is InChI=1S/C35H29FNO/c1-22-17-18-28-29-19-20-30(36)33(35(29)38-34(28)32(22)31-16-6-7-21-37(31)2)27-15-9-13-25-24(12-8-14-26(25)27)23-10-4-3-5-11-23/h3-7,9-11,13,15-21,24H,8,12,14H2,1-2H3/q+1/i14D2,24D. The number of hydrogen-bond donors (Lipinski definition) is 0. The number of fused-ring (bicyclic) bond motifs is 4. The van der Waals surface area contributed by atoms with Gasteiger partial charge in [0, 0.05) is 32.9 Å². The van der Waals surface area contributed by atoms with E-state index in [1.54, 1.807) is 12.1 Å². The minimum Gasteiger partial charge on any atom is -0.454 e. The van der Waals surface area contributed by atoms with Crippen LogP contribution in [0.4, 0.5) is 4.39 Å². The van der Waals surface area contributed by atoms with Crippen molar-refractivity contribution in [2.75, 3.05) is 0 Å². The molecule has 0 saturated carbocycles. The van der Waals surface area contributed by atoms with Gasteiger partial charge in [-0.1, -0.05) is 60.7 Å².